The molecule has 2 aromatic rings. The second-order valence-corrected chi connectivity index (χ2v) is 6.35. The summed E-state index contributed by atoms with van der Waals surface area (Å²) in [5.41, 5.74) is 4.11. The van der Waals surface area contributed by atoms with Crippen LogP contribution < -0.4 is 5.43 Å². The number of nitrogens with zero attached hydrogens (tertiary/aromatic N) is 3. The van der Waals surface area contributed by atoms with Crippen molar-refractivity contribution in [2.45, 2.75) is 17.1 Å². The standard InChI is InChI=1S/C14H13ClN4OS2/c1-9-7-12(18-13(17-9)21-2)22-14(20)19-16-8-10-3-5-11(15)6-4-10/h3-8H,1-2H3,(H,19,20). The normalized spacial score (nSPS) is 10.9. The number of aryl methyl sites for hydroxylation is 1. The molecule has 0 aliphatic rings. The summed E-state index contributed by atoms with van der Waals surface area (Å²) < 4.78 is 0. The lowest BCUT2D eigenvalue weighted by Gasteiger charge is -2.02. The van der Waals surface area contributed by atoms with Gasteiger partial charge in [0.2, 0.25) is 0 Å². The summed E-state index contributed by atoms with van der Waals surface area (Å²) in [7, 11) is 0. The van der Waals surface area contributed by atoms with E-state index in [1.54, 1.807) is 24.4 Å². The van der Waals surface area contributed by atoms with Crippen molar-refractivity contribution in [1.29, 1.82) is 0 Å². The van der Waals surface area contributed by atoms with Gasteiger partial charge in [-0.25, -0.2) is 15.4 Å². The molecule has 8 heteroatoms. The smallest absolute Gasteiger partial charge is 0.260 e. The highest BCUT2D eigenvalue weighted by atomic mass is 35.5. The van der Waals surface area contributed by atoms with Crippen LogP contribution in [0.2, 0.25) is 5.02 Å². The van der Waals surface area contributed by atoms with E-state index in [-0.39, 0.29) is 5.24 Å². The van der Waals surface area contributed by atoms with Gasteiger partial charge in [-0.1, -0.05) is 35.5 Å². The van der Waals surface area contributed by atoms with Crippen molar-refractivity contribution in [2.75, 3.05) is 6.26 Å². The molecule has 0 aliphatic heterocycles. The summed E-state index contributed by atoms with van der Waals surface area (Å²) in [6.45, 7) is 1.86. The average Bonchev–Trinajstić information content (AvgIpc) is 2.48. The molecule has 2 rings (SSSR count). The van der Waals surface area contributed by atoms with Crippen molar-refractivity contribution < 1.29 is 4.79 Å². The minimum atomic E-state index is -0.310. The van der Waals surface area contributed by atoms with Gasteiger partial charge in [0, 0.05) is 10.7 Å². The summed E-state index contributed by atoms with van der Waals surface area (Å²) in [4.78, 5) is 20.3. The van der Waals surface area contributed by atoms with Gasteiger partial charge in [0.1, 0.15) is 5.03 Å². The molecule has 0 fully saturated rings. The SMILES string of the molecule is CSc1nc(C)cc(SC(=O)NN=Cc2ccc(Cl)cc2)n1. The van der Waals surface area contributed by atoms with Crippen molar-refractivity contribution >= 4 is 46.6 Å². The molecule has 0 saturated carbocycles. The van der Waals surface area contributed by atoms with Gasteiger partial charge in [-0.15, -0.1) is 0 Å². The van der Waals surface area contributed by atoms with Crippen molar-refractivity contribution in [3.8, 4) is 0 Å². The van der Waals surface area contributed by atoms with E-state index in [1.165, 1.54) is 11.8 Å². The molecule has 114 valence electrons. The number of carbonyl (C=O) groups is 1. The van der Waals surface area contributed by atoms with Gasteiger partial charge in [0.25, 0.3) is 0 Å². The third-order valence-corrected chi connectivity index (χ3v) is 3.92. The van der Waals surface area contributed by atoms with Crippen LogP contribution in [-0.2, 0) is 0 Å². The van der Waals surface area contributed by atoms with Gasteiger partial charge in [-0.3, -0.25) is 4.79 Å². The molecule has 0 bridgehead atoms. The Hall–Kier alpha value is -1.57. The fourth-order valence-corrected chi connectivity index (χ4v) is 2.74. The monoisotopic (exact) mass is 352 g/mol. The molecule has 1 amide bonds. The van der Waals surface area contributed by atoms with Gasteiger partial charge >= 0.3 is 5.24 Å². The molecule has 0 unspecified atom stereocenters. The number of carbonyl (C=O) groups excluding carboxylic acids is 1. The van der Waals surface area contributed by atoms with E-state index in [0.29, 0.717) is 15.2 Å². The quantitative estimate of drug-likeness (QED) is 0.296. The van der Waals surface area contributed by atoms with E-state index in [9.17, 15) is 4.79 Å². The van der Waals surface area contributed by atoms with E-state index in [0.717, 1.165) is 23.0 Å². The number of hydrogen-bond acceptors (Lipinski definition) is 6. The minimum absolute atomic E-state index is 0.310. The van der Waals surface area contributed by atoms with E-state index < -0.39 is 0 Å². The predicted octanol–water partition coefficient (Wildman–Crippen LogP) is 4.00. The van der Waals surface area contributed by atoms with Crippen LogP contribution >= 0.6 is 35.1 Å². The molecular formula is C14H13ClN4OS2. The largest absolute Gasteiger partial charge is 0.305 e. The Morgan fingerprint density at radius 3 is 2.73 bits per heavy atom. The summed E-state index contributed by atoms with van der Waals surface area (Å²) >= 11 is 8.20. The first kappa shape index (κ1) is 16.8. The highest BCUT2D eigenvalue weighted by Crippen LogP contribution is 2.20. The Bertz CT molecular complexity index is 692. The van der Waals surface area contributed by atoms with Crippen molar-refractivity contribution in [3.05, 3.63) is 46.6 Å². The third kappa shape index (κ3) is 5.32. The molecule has 1 heterocycles. The maximum Gasteiger partial charge on any atom is 0.305 e. The Balaban J connectivity index is 1.93. The molecule has 0 atom stereocenters. The Morgan fingerprint density at radius 1 is 1.32 bits per heavy atom. The predicted molar refractivity (Wildman–Crippen MR) is 92.0 cm³/mol. The third-order valence-electron chi connectivity index (χ3n) is 2.43. The van der Waals surface area contributed by atoms with Crippen LogP contribution in [0.25, 0.3) is 0 Å². The van der Waals surface area contributed by atoms with E-state index in [1.807, 2.05) is 25.3 Å². The molecule has 0 radical (unpaired) electrons. The van der Waals surface area contributed by atoms with Gasteiger partial charge in [-0.05, 0) is 48.7 Å². The zero-order chi connectivity index (χ0) is 15.9. The molecule has 5 nitrogen and oxygen atoms in total. The number of hydrogen-bond donors (Lipinski definition) is 1. The van der Waals surface area contributed by atoms with Gasteiger partial charge < -0.3 is 0 Å². The molecule has 0 aliphatic carbocycles. The Morgan fingerprint density at radius 2 is 2.05 bits per heavy atom. The van der Waals surface area contributed by atoms with Crippen LogP contribution in [0.3, 0.4) is 0 Å². The second kappa shape index (κ2) is 8.17. The van der Waals surface area contributed by atoms with Gasteiger partial charge in [-0.2, -0.15) is 5.10 Å². The summed E-state index contributed by atoms with van der Waals surface area (Å²) in [5.74, 6) is 0. The van der Waals surface area contributed by atoms with Crippen molar-refractivity contribution in [2.24, 2.45) is 5.10 Å². The zero-order valence-corrected chi connectivity index (χ0v) is 14.3. The highest BCUT2D eigenvalue weighted by molar-refractivity contribution is 8.13. The van der Waals surface area contributed by atoms with Crippen LogP contribution in [0, 0.1) is 6.92 Å². The average molecular weight is 353 g/mol. The topological polar surface area (TPSA) is 67.2 Å². The lowest BCUT2D eigenvalue weighted by Crippen LogP contribution is -2.11. The molecule has 1 aromatic carbocycles. The van der Waals surface area contributed by atoms with Crippen LogP contribution in [0.5, 0.6) is 0 Å². The summed E-state index contributed by atoms with van der Waals surface area (Å²) in [5, 5.41) is 5.47. The lowest BCUT2D eigenvalue weighted by molar-refractivity contribution is 0.261. The van der Waals surface area contributed by atoms with Crippen LogP contribution in [0.4, 0.5) is 4.79 Å². The first-order valence-electron chi connectivity index (χ1n) is 6.23. The number of hydrazone groups is 1. The highest BCUT2D eigenvalue weighted by Gasteiger charge is 2.07. The number of nitrogens with one attached hydrogen (secondary N) is 1. The van der Waals surface area contributed by atoms with Gasteiger partial charge in [0.05, 0.1) is 6.21 Å². The maximum atomic E-state index is 11.8. The van der Waals surface area contributed by atoms with Gasteiger partial charge in [0.15, 0.2) is 5.16 Å². The zero-order valence-electron chi connectivity index (χ0n) is 11.9. The summed E-state index contributed by atoms with van der Waals surface area (Å²) in [6, 6.07) is 8.89. The minimum Gasteiger partial charge on any atom is -0.260 e. The summed E-state index contributed by atoms with van der Waals surface area (Å²) in [6.07, 6.45) is 3.44. The fraction of sp³-hybridized carbons (Fsp3) is 0.143. The Labute approximate surface area is 142 Å². The molecular weight excluding hydrogens is 340 g/mol. The van der Waals surface area contributed by atoms with E-state index in [2.05, 4.69) is 20.5 Å². The van der Waals surface area contributed by atoms with Crippen molar-refractivity contribution in [1.82, 2.24) is 15.4 Å². The van der Waals surface area contributed by atoms with Crippen LogP contribution in [-0.4, -0.2) is 27.7 Å². The maximum absolute atomic E-state index is 11.8. The molecule has 1 aromatic heterocycles. The number of rotatable bonds is 4. The molecule has 1 N–H and O–H groups in total. The number of halogens is 1. The fourth-order valence-electron chi connectivity index (χ4n) is 1.48. The first-order chi connectivity index (χ1) is 10.6. The van der Waals surface area contributed by atoms with Crippen molar-refractivity contribution in [3.63, 3.8) is 0 Å². The molecule has 0 spiro atoms. The molecule has 0 saturated heterocycles. The number of amides is 1. The lowest BCUT2D eigenvalue weighted by atomic mass is 10.2. The number of thioether (sulfide) groups is 2. The first-order valence-corrected chi connectivity index (χ1v) is 8.65. The second-order valence-electron chi connectivity index (χ2n) is 4.15. The van der Waals surface area contributed by atoms with Crippen LogP contribution in [0.15, 0.2) is 45.6 Å². The number of aromatic nitrogens is 2. The number of benzene rings is 1. The molecule has 22 heavy (non-hydrogen) atoms. The Kier molecular flexibility index (Phi) is 6.23. The van der Waals surface area contributed by atoms with Crippen LogP contribution in [0.1, 0.15) is 11.3 Å². The van der Waals surface area contributed by atoms with E-state index in [4.69, 9.17) is 11.6 Å². The van der Waals surface area contributed by atoms with E-state index >= 15 is 0 Å².